The maximum Gasteiger partial charge on any atom is 0.187 e. The Morgan fingerprint density at radius 2 is 1.67 bits per heavy atom. The van der Waals surface area contributed by atoms with E-state index < -0.39 is 0 Å². The molecular weight excluding hydrogens is 242 g/mol. The van der Waals surface area contributed by atoms with Crippen molar-refractivity contribution in [2.45, 2.75) is 25.2 Å². The van der Waals surface area contributed by atoms with Crippen molar-refractivity contribution in [3.8, 4) is 0 Å². The van der Waals surface area contributed by atoms with Gasteiger partial charge in [0, 0.05) is 31.0 Å². The highest BCUT2D eigenvalue weighted by atomic mass is 32.2. The molecule has 0 aliphatic carbocycles. The van der Waals surface area contributed by atoms with Crippen molar-refractivity contribution >= 4 is 11.8 Å². The van der Waals surface area contributed by atoms with Gasteiger partial charge in [-0.3, -0.25) is 0 Å². The molecule has 1 aromatic heterocycles. The summed E-state index contributed by atoms with van der Waals surface area (Å²) in [6.45, 7) is 3.77. The maximum absolute atomic E-state index is 4.31. The average molecular weight is 259 g/mol. The summed E-state index contributed by atoms with van der Waals surface area (Å²) in [7, 11) is 0. The van der Waals surface area contributed by atoms with Gasteiger partial charge in [0.05, 0.1) is 0 Å². The molecule has 2 rings (SSSR count). The summed E-state index contributed by atoms with van der Waals surface area (Å²) >= 11 is 1.66. The van der Waals surface area contributed by atoms with Gasteiger partial charge < -0.3 is 5.32 Å². The molecule has 0 aliphatic rings. The second-order valence-corrected chi connectivity index (χ2v) is 5.13. The lowest BCUT2D eigenvalue weighted by Gasteiger charge is -2.05. The van der Waals surface area contributed by atoms with Crippen LogP contribution in [0.25, 0.3) is 0 Å². The summed E-state index contributed by atoms with van der Waals surface area (Å²) in [5.41, 5.74) is 2.41. The van der Waals surface area contributed by atoms with E-state index in [0.29, 0.717) is 0 Å². The lowest BCUT2D eigenvalue weighted by molar-refractivity contribution is 0.685. The van der Waals surface area contributed by atoms with Gasteiger partial charge in [0.25, 0.3) is 0 Å². The Labute approximate surface area is 112 Å². The standard InChI is InChI=1S/C14H17N3S/c1-2-18-14-16-10-13(11-17-14)9-15-8-12-6-4-3-5-7-12/h3-7,10-11,15H,2,8-9H2,1H3. The van der Waals surface area contributed by atoms with Crippen LogP contribution in [0.1, 0.15) is 18.1 Å². The molecule has 94 valence electrons. The molecule has 0 fully saturated rings. The van der Waals surface area contributed by atoms with Crippen LogP contribution in [-0.2, 0) is 13.1 Å². The molecule has 1 N–H and O–H groups in total. The Morgan fingerprint density at radius 1 is 1.00 bits per heavy atom. The van der Waals surface area contributed by atoms with Crippen molar-refractivity contribution in [1.82, 2.24) is 15.3 Å². The molecule has 0 bridgehead atoms. The molecule has 0 spiro atoms. The number of benzene rings is 1. The quantitative estimate of drug-likeness (QED) is 0.639. The Bertz CT molecular complexity index is 456. The van der Waals surface area contributed by atoms with Crippen molar-refractivity contribution < 1.29 is 0 Å². The first-order valence-corrected chi connectivity index (χ1v) is 7.05. The molecule has 0 saturated heterocycles. The van der Waals surface area contributed by atoms with E-state index in [9.17, 15) is 0 Å². The summed E-state index contributed by atoms with van der Waals surface area (Å²) in [4.78, 5) is 8.61. The zero-order valence-corrected chi connectivity index (χ0v) is 11.3. The van der Waals surface area contributed by atoms with E-state index in [-0.39, 0.29) is 0 Å². The van der Waals surface area contributed by atoms with Crippen molar-refractivity contribution in [2.24, 2.45) is 0 Å². The molecule has 4 heteroatoms. The van der Waals surface area contributed by atoms with Gasteiger partial charge in [-0.15, -0.1) is 0 Å². The van der Waals surface area contributed by atoms with Gasteiger partial charge in [-0.1, -0.05) is 49.0 Å². The number of nitrogens with one attached hydrogen (secondary N) is 1. The number of nitrogens with zero attached hydrogens (tertiary/aromatic N) is 2. The van der Waals surface area contributed by atoms with Gasteiger partial charge >= 0.3 is 0 Å². The van der Waals surface area contributed by atoms with Crippen molar-refractivity contribution in [3.05, 3.63) is 53.9 Å². The minimum absolute atomic E-state index is 0.798. The number of aromatic nitrogens is 2. The maximum atomic E-state index is 4.31. The number of hydrogen-bond donors (Lipinski definition) is 1. The second kappa shape index (κ2) is 7.13. The predicted molar refractivity (Wildman–Crippen MR) is 75.4 cm³/mol. The third-order valence-corrected chi connectivity index (χ3v) is 3.21. The molecule has 2 aromatic rings. The smallest absolute Gasteiger partial charge is 0.187 e. The predicted octanol–water partition coefficient (Wildman–Crippen LogP) is 2.88. The van der Waals surface area contributed by atoms with Crippen LogP contribution in [0.3, 0.4) is 0 Å². The first-order chi connectivity index (χ1) is 8.88. The third kappa shape index (κ3) is 4.13. The normalized spacial score (nSPS) is 10.5. The minimum Gasteiger partial charge on any atom is -0.309 e. The van der Waals surface area contributed by atoms with Crippen LogP contribution in [0.2, 0.25) is 0 Å². The fourth-order valence-electron chi connectivity index (χ4n) is 1.58. The summed E-state index contributed by atoms with van der Waals surface area (Å²) in [6.07, 6.45) is 3.78. The SMILES string of the molecule is CCSc1ncc(CNCc2ccccc2)cn1. The molecule has 1 aromatic carbocycles. The van der Waals surface area contributed by atoms with E-state index in [4.69, 9.17) is 0 Å². The largest absolute Gasteiger partial charge is 0.309 e. The molecule has 0 saturated carbocycles. The van der Waals surface area contributed by atoms with Gasteiger partial charge in [-0.25, -0.2) is 9.97 Å². The van der Waals surface area contributed by atoms with E-state index in [2.05, 4.69) is 46.5 Å². The first kappa shape index (κ1) is 13.1. The van der Waals surface area contributed by atoms with Crippen LogP contribution in [0.4, 0.5) is 0 Å². The van der Waals surface area contributed by atoms with Gasteiger partial charge in [-0.05, 0) is 11.3 Å². The summed E-state index contributed by atoms with van der Waals surface area (Å²) in [5.74, 6) is 1.01. The van der Waals surface area contributed by atoms with Crippen molar-refractivity contribution in [2.75, 3.05) is 5.75 Å². The highest BCUT2D eigenvalue weighted by Gasteiger charge is 1.97. The Hall–Kier alpha value is -1.39. The highest BCUT2D eigenvalue weighted by Crippen LogP contribution is 2.10. The molecule has 0 aliphatic heterocycles. The van der Waals surface area contributed by atoms with Crippen LogP contribution in [0.15, 0.2) is 47.9 Å². The lowest BCUT2D eigenvalue weighted by atomic mass is 10.2. The second-order valence-electron chi connectivity index (χ2n) is 3.90. The van der Waals surface area contributed by atoms with Crippen molar-refractivity contribution in [1.29, 1.82) is 0 Å². The van der Waals surface area contributed by atoms with E-state index in [0.717, 1.165) is 29.6 Å². The Balaban J connectivity index is 1.80. The zero-order chi connectivity index (χ0) is 12.6. The van der Waals surface area contributed by atoms with Crippen LogP contribution in [0, 0.1) is 0 Å². The zero-order valence-electron chi connectivity index (χ0n) is 10.5. The van der Waals surface area contributed by atoms with E-state index in [1.54, 1.807) is 11.8 Å². The number of thioether (sulfide) groups is 1. The number of hydrogen-bond acceptors (Lipinski definition) is 4. The molecular formula is C14H17N3S. The van der Waals surface area contributed by atoms with Crippen LogP contribution in [-0.4, -0.2) is 15.7 Å². The van der Waals surface area contributed by atoms with E-state index in [1.165, 1.54) is 5.56 Å². The third-order valence-electron chi connectivity index (χ3n) is 2.46. The molecule has 18 heavy (non-hydrogen) atoms. The average Bonchev–Trinajstić information content (AvgIpc) is 2.42. The van der Waals surface area contributed by atoms with E-state index >= 15 is 0 Å². The molecule has 1 heterocycles. The highest BCUT2D eigenvalue weighted by molar-refractivity contribution is 7.99. The lowest BCUT2D eigenvalue weighted by Crippen LogP contribution is -2.13. The Morgan fingerprint density at radius 3 is 2.33 bits per heavy atom. The summed E-state index contributed by atoms with van der Waals surface area (Å²) < 4.78 is 0. The Kier molecular flexibility index (Phi) is 5.17. The molecule has 3 nitrogen and oxygen atoms in total. The number of rotatable bonds is 6. The van der Waals surface area contributed by atoms with Gasteiger partial charge in [0.1, 0.15) is 0 Å². The first-order valence-electron chi connectivity index (χ1n) is 6.07. The van der Waals surface area contributed by atoms with Crippen LogP contribution in [0.5, 0.6) is 0 Å². The van der Waals surface area contributed by atoms with Gasteiger partial charge in [0.2, 0.25) is 0 Å². The molecule has 0 radical (unpaired) electrons. The molecule has 0 atom stereocenters. The van der Waals surface area contributed by atoms with E-state index in [1.807, 2.05) is 18.5 Å². The fraction of sp³-hybridized carbons (Fsp3) is 0.286. The molecule has 0 amide bonds. The van der Waals surface area contributed by atoms with Gasteiger partial charge in [-0.2, -0.15) is 0 Å². The van der Waals surface area contributed by atoms with Crippen LogP contribution < -0.4 is 5.32 Å². The van der Waals surface area contributed by atoms with Gasteiger partial charge in [0.15, 0.2) is 5.16 Å². The minimum atomic E-state index is 0.798. The van der Waals surface area contributed by atoms with Crippen molar-refractivity contribution in [3.63, 3.8) is 0 Å². The van der Waals surface area contributed by atoms with Crippen LogP contribution >= 0.6 is 11.8 Å². The monoisotopic (exact) mass is 259 g/mol. The summed E-state index contributed by atoms with van der Waals surface area (Å²) in [6, 6.07) is 10.4. The molecule has 0 unspecified atom stereocenters. The fourth-order valence-corrected chi connectivity index (χ4v) is 2.10. The summed E-state index contributed by atoms with van der Waals surface area (Å²) in [5, 5.41) is 4.23. The topological polar surface area (TPSA) is 37.8 Å².